The van der Waals surface area contributed by atoms with Crippen molar-refractivity contribution < 1.29 is 14.2 Å². The van der Waals surface area contributed by atoms with Gasteiger partial charge in [-0.3, -0.25) is 4.79 Å². The molecule has 35 heavy (non-hydrogen) atoms. The summed E-state index contributed by atoms with van der Waals surface area (Å²) in [5.41, 5.74) is 3.32. The molecule has 2 aromatic heterocycles. The molecule has 0 amide bonds. The van der Waals surface area contributed by atoms with E-state index in [1.165, 1.54) is 5.56 Å². The number of H-pyrrole nitrogens is 1. The summed E-state index contributed by atoms with van der Waals surface area (Å²) in [5, 5.41) is 13.3. The van der Waals surface area contributed by atoms with Gasteiger partial charge >= 0.3 is 0 Å². The summed E-state index contributed by atoms with van der Waals surface area (Å²) in [7, 11) is 4.80. The van der Waals surface area contributed by atoms with Crippen LogP contribution in [0.2, 0.25) is 0 Å². The number of nitrogens with one attached hydrogen (secondary N) is 1. The van der Waals surface area contributed by atoms with E-state index in [2.05, 4.69) is 37.5 Å². The Kier molecular flexibility index (Phi) is 6.37. The molecule has 0 radical (unpaired) electrons. The van der Waals surface area contributed by atoms with E-state index < -0.39 is 6.04 Å². The van der Waals surface area contributed by atoms with E-state index in [0.29, 0.717) is 41.6 Å². The molecule has 3 heterocycles. The van der Waals surface area contributed by atoms with E-state index in [9.17, 15) is 4.79 Å². The number of benzene rings is 2. The summed E-state index contributed by atoms with van der Waals surface area (Å²) in [6.07, 6.45) is 1.95. The lowest BCUT2D eigenvalue weighted by Crippen LogP contribution is -2.38. The van der Waals surface area contributed by atoms with Crippen molar-refractivity contribution in [3.8, 4) is 11.5 Å². The molecular weight excluding hydrogens is 448 g/mol. The third-order valence-corrected chi connectivity index (χ3v) is 6.44. The Morgan fingerprint density at radius 3 is 2.69 bits per heavy atom. The van der Waals surface area contributed by atoms with Crippen molar-refractivity contribution in [1.29, 1.82) is 0 Å². The monoisotopic (exact) mass is 476 g/mol. The van der Waals surface area contributed by atoms with Crippen LogP contribution in [0, 0.1) is 0 Å². The van der Waals surface area contributed by atoms with E-state index in [1.807, 2.05) is 24.3 Å². The zero-order valence-corrected chi connectivity index (χ0v) is 20.0. The fourth-order valence-electron chi connectivity index (χ4n) is 4.77. The van der Waals surface area contributed by atoms with Gasteiger partial charge in [-0.05, 0) is 47.0 Å². The van der Waals surface area contributed by atoms with Gasteiger partial charge in [0.25, 0.3) is 5.56 Å². The molecular formula is C25H28N6O4. The number of ether oxygens (including phenoxy) is 3. The number of aromatic nitrogens is 5. The Morgan fingerprint density at radius 1 is 1.09 bits per heavy atom. The van der Waals surface area contributed by atoms with Crippen molar-refractivity contribution in [2.45, 2.75) is 25.4 Å². The first-order valence-corrected chi connectivity index (χ1v) is 11.5. The van der Waals surface area contributed by atoms with E-state index in [0.717, 1.165) is 30.5 Å². The first-order valence-electron chi connectivity index (χ1n) is 11.5. The minimum absolute atomic E-state index is 0.209. The number of aromatic amines is 1. The predicted octanol–water partition coefficient (Wildman–Crippen LogP) is 2.72. The highest BCUT2D eigenvalue weighted by Crippen LogP contribution is 2.37. The van der Waals surface area contributed by atoms with Crippen LogP contribution in [0.3, 0.4) is 0 Å². The minimum atomic E-state index is -0.496. The molecule has 5 rings (SSSR count). The van der Waals surface area contributed by atoms with Crippen molar-refractivity contribution in [1.82, 2.24) is 25.2 Å². The smallest absolute Gasteiger partial charge is 0.254 e. The number of anilines is 1. The van der Waals surface area contributed by atoms with Gasteiger partial charge in [-0.25, -0.2) is 4.68 Å². The van der Waals surface area contributed by atoms with Crippen molar-refractivity contribution in [2.24, 2.45) is 0 Å². The number of nitrogens with zero attached hydrogens (tertiary/aromatic N) is 5. The third-order valence-electron chi connectivity index (χ3n) is 6.44. The highest BCUT2D eigenvalue weighted by molar-refractivity contribution is 5.83. The number of tetrazole rings is 1. The second-order valence-electron chi connectivity index (χ2n) is 8.43. The largest absolute Gasteiger partial charge is 0.493 e. The van der Waals surface area contributed by atoms with Gasteiger partial charge in [-0.15, -0.1) is 5.10 Å². The SMILES string of the molecule is COCCn1nnnc1[C@@H](c1cc2cc(OC)c(OC)cc2[nH]c1=O)N1CCCc2ccccc21. The van der Waals surface area contributed by atoms with Crippen LogP contribution in [-0.4, -0.2) is 59.7 Å². The first-order chi connectivity index (χ1) is 17.1. The molecule has 10 nitrogen and oxygen atoms in total. The number of para-hydroxylation sites is 1. The van der Waals surface area contributed by atoms with Crippen molar-refractivity contribution in [3.63, 3.8) is 0 Å². The maximum atomic E-state index is 13.5. The van der Waals surface area contributed by atoms with Crippen LogP contribution in [0.5, 0.6) is 11.5 Å². The Balaban J connectivity index is 1.72. The molecule has 1 atom stereocenters. The fourth-order valence-corrected chi connectivity index (χ4v) is 4.77. The molecule has 182 valence electrons. The van der Waals surface area contributed by atoms with Gasteiger partial charge in [-0.2, -0.15) is 0 Å². The Labute approximate surface area is 202 Å². The third kappa shape index (κ3) is 4.21. The molecule has 4 aromatic rings. The maximum Gasteiger partial charge on any atom is 0.254 e. The average molecular weight is 477 g/mol. The number of fused-ring (bicyclic) bond motifs is 2. The molecule has 0 unspecified atom stereocenters. The number of pyridine rings is 1. The second-order valence-corrected chi connectivity index (χ2v) is 8.43. The van der Waals surface area contributed by atoms with Crippen LogP contribution in [0.4, 0.5) is 5.69 Å². The molecule has 10 heteroatoms. The van der Waals surface area contributed by atoms with Crippen LogP contribution < -0.4 is 19.9 Å². The van der Waals surface area contributed by atoms with Crippen molar-refractivity contribution in [2.75, 3.05) is 39.4 Å². The van der Waals surface area contributed by atoms with Gasteiger partial charge in [-0.1, -0.05) is 18.2 Å². The zero-order chi connectivity index (χ0) is 24.4. The summed E-state index contributed by atoms with van der Waals surface area (Å²) < 4.78 is 17.9. The van der Waals surface area contributed by atoms with Crippen LogP contribution in [0.25, 0.3) is 10.9 Å². The topological polar surface area (TPSA) is 107 Å². The van der Waals surface area contributed by atoms with Crippen molar-refractivity contribution in [3.05, 3.63) is 69.8 Å². The van der Waals surface area contributed by atoms with Crippen LogP contribution in [-0.2, 0) is 17.7 Å². The molecule has 0 saturated heterocycles. The van der Waals surface area contributed by atoms with Gasteiger partial charge < -0.3 is 24.1 Å². The van der Waals surface area contributed by atoms with E-state index in [-0.39, 0.29) is 5.56 Å². The predicted molar refractivity (Wildman–Crippen MR) is 131 cm³/mol. The lowest BCUT2D eigenvalue weighted by molar-refractivity contribution is 0.181. The standard InChI is InChI=1S/C25H28N6O4/c1-33-12-11-31-24(27-28-29-31)23(30-10-6-8-16-7-4-5-9-20(16)30)18-13-17-14-21(34-2)22(35-3)15-19(17)26-25(18)32/h4-5,7,9,13-15,23H,6,8,10-12H2,1-3H3,(H,26,32)/t23-/m1/s1. The lowest BCUT2D eigenvalue weighted by Gasteiger charge is -2.37. The fraction of sp³-hybridized carbons (Fsp3) is 0.360. The quantitative estimate of drug-likeness (QED) is 0.414. The van der Waals surface area contributed by atoms with Crippen molar-refractivity contribution >= 4 is 16.6 Å². The molecule has 0 spiro atoms. The van der Waals surface area contributed by atoms with E-state index in [4.69, 9.17) is 14.2 Å². The molecule has 2 aromatic carbocycles. The normalized spacial score (nSPS) is 14.1. The maximum absolute atomic E-state index is 13.5. The molecule has 1 N–H and O–H groups in total. The Hall–Kier alpha value is -3.92. The van der Waals surface area contributed by atoms with Gasteiger partial charge in [0.15, 0.2) is 17.3 Å². The summed E-state index contributed by atoms with van der Waals surface area (Å²) in [6, 6.07) is 13.3. The van der Waals surface area contributed by atoms with E-state index in [1.54, 1.807) is 32.1 Å². The lowest BCUT2D eigenvalue weighted by atomic mass is 9.96. The number of methoxy groups -OCH3 is 3. The number of rotatable bonds is 8. The number of aryl methyl sites for hydroxylation is 1. The highest BCUT2D eigenvalue weighted by Gasteiger charge is 2.33. The Bertz CT molecular complexity index is 1400. The van der Waals surface area contributed by atoms with Crippen LogP contribution >= 0.6 is 0 Å². The molecule has 0 fully saturated rings. The summed E-state index contributed by atoms with van der Waals surface area (Å²) in [4.78, 5) is 18.8. The summed E-state index contributed by atoms with van der Waals surface area (Å²) in [6.45, 7) is 1.69. The molecule has 0 bridgehead atoms. The number of hydrogen-bond acceptors (Lipinski definition) is 8. The number of hydrogen-bond donors (Lipinski definition) is 1. The molecule has 0 aliphatic carbocycles. The van der Waals surface area contributed by atoms with Crippen LogP contribution in [0.1, 0.15) is 29.4 Å². The highest BCUT2D eigenvalue weighted by atomic mass is 16.5. The molecule has 0 saturated carbocycles. The van der Waals surface area contributed by atoms with Gasteiger partial charge in [0.1, 0.15) is 6.04 Å². The molecule has 1 aliphatic rings. The average Bonchev–Trinajstić information content (AvgIpc) is 3.35. The van der Waals surface area contributed by atoms with E-state index >= 15 is 0 Å². The summed E-state index contributed by atoms with van der Waals surface area (Å²) >= 11 is 0. The van der Waals surface area contributed by atoms with Gasteiger partial charge in [0.05, 0.1) is 32.9 Å². The van der Waals surface area contributed by atoms with Gasteiger partial charge in [0.2, 0.25) is 0 Å². The second kappa shape index (κ2) is 9.75. The molecule has 1 aliphatic heterocycles. The van der Waals surface area contributed by atoms with Gasteiger partial charge in [0, 0.05) is 36.4 Å². The van der Waals surface area contributed by atoms with Crippen LogP contribution in [0.15, 0.2) is 47.3 Å². The minimum Gasteiger partial charge on any atom is -0.493 e. The first kappa shape index (κ1) is 22.9. The Morgan fingerprint density at radius 2 is 1.89 bits per heavy atom. The zero-order valence-electron chi connectivity index (χ0n) is 20.0. The summed E-state index contributed by atoms with van der Waals surface area (Å²) in [5.74, 6) is 1.72.